The third-order valence-corrected chi connectivity index (χ3v) is 3.12. The van der Waals surface area contributed by atoms with Crippen LogP contribution in [0.2, 0.25) is 0 Å². The van der Waals surface area contributed by atoms with E-state index in [1.807, 2.05) is 36.7 Å². The van der Waals surface area contributed by atoms with Crippen LogP contribution in [0.1, 0.15) is 26.5 Å². The van der Waals surface area contributed by atoms with Crippen LogP contribution in [0.25, 0.3) is 4.96 Å². The molecule has 0 bridgehead atoms. The number of rotatable bonds is 4. The second kappa shape index (κ2) is 5.68. The van der Waals surface area contributed by atoms with Gasteiger partial charge >= 0.3 is 6.09 Å². The van der Waals surface area contributed by atoms with E-state index in [4.69, 9.17) is 9.47 Å². The predicted molar refractivity (Wildman–Crippen MR) is 75.8 cm³/mol. The fraction of sp³-hybridized carbons (Fsp3) is 0.500. The number of carbonyl (C=O) groups is 1. The van der Waals surface area contributed by atoms with E-state index in [0.29, 0.717) is 12.4 Å². The van der Waals surface area contributed by atoms with Gasteiger partial charge in [0.15, 0.2) is 4.96 Å². The third kappa shape index (κ3) is 3.40. The maximum absolute atomic E-state index is 11.5. The van der Waals surface area contributed by atoms with Gasteiger partial charge in [-0.15, -0.1) is 11.3 Å². The van der Waals surface area contributed by atoms with Crippen molar-refractivity contribution in [3.8, 4) is 5.88 Å². The normalized spacial score (nSPS) is 11.6. The largest absolute Gasteiger partial charge is 0.480 e. The highest BCUT2D eigenvalue weighted by Crippen LogP contribution is 2.22. The van der Waals surface area contributed by atoms with Crippen molar-refractivity contribution in [2.45, 2.75) is 32.9 Å². The lowest BCUT2D eigenvalue weighted by atomic mass is 10.2. The molecular weight excluding hydrogens is 280 g/mol. The average molecular weight is 298 g/mol. The molecule has 0 radical (unpaired) electrons. The molecule has 2 aromatic rings. The molecule has 7 nitrogen and oxygen atoms in total. The van der Waals surface area contributed by atoms with Gasteiger partial charge in [-0.2, -0.15) is 4.98 Å². The van der Waals surface area contributed by atoms with Crippen LogP contribution >= 0.6 is 11.3 Å². The van der Waals surface area contributed by atoms with Crippen LogP contribution in [0.5, 0.6) is 5.88 Å². The maximum atomic E-state index is 11.5. The molecule has 20 heavy (non-hydrogen) atoms. The Morgan fingerprint density at radius 1 is 1.50 bits per heavy atom. The number of methoxy groups -OCH3 is 1. The highest BCUT2D eigenvalue weighted by Gasteiger charge is 2.17. The number of nitrogens with one attached hydrogen (secondary N) is 2. The summed E-state index contributed by atoms with van der Waals surface area (Å²) in [6.45, 7) is 5.80. The zero-order valence-electron chi connectivity index (χ0n) is 11.9. The van der Waals surface area contributed by atoms with E-state index >= 15 is 0 Å². The van der Waals surface area contributed by atoms with E-state index < -0.39 is 11.7 Å². The molecule has 0 unspecified atom stereocenters. The van der Waals surface area contributed by atoms with Crippen LogP contribution in [0.4, 0.5) is 4.79 Å². The van der Waals surface area contributed by atoms with Crippen molar-refractivity contribution in [3.63, 3.8) is 0 Å². The number of nitrogens with zero attached hydrogens (tertiary/aromatic N) is 2. The number of hydrogen-bond acceptors (Lipinski definition) is 6. The molecule has 0 atom stereocenters. The summed E-state index contributed by atoms with van der Waals surface area (Å²) in [5.41, 5.74) is 5.59. The first-order valence-corrected chi connectivity index (χ1v) is 6.99. The van der Waals surface area contributed by atoms with Gasteiger partial charge in [0.2, 0.25) is 5.88 Å². The number of ether oxygens (including phenoxy) is 2. The number of hydrogen-bond donors (Lipinski definition) is 2. The minimum atomic E-state index is -0.527. The van der Waals surface area contributed by atoms with E-state index in [0.717, 1.165) is 10.7 Å². The molecule has 0 aliphatic heterocycles. The molecule has 2 rings (SSSR count). The number of imidazole rings is 1. The van der Waals surface area contributed by atoms with Crippen LogP contribution in [0.15, 0.2) is 11.6 Å². The highest BCUT2D eigenvalue weighted by atomic mass is 32.1. The Morgan fingerprint density at radius 2 is 2.25 bits per heavy atom. The maximum Gasteiger partial charge on any atom is 0.422 e. The molecular formula is C12H18N4O3S. The van der Waals surface area contributed by atoms with Gasteiger partial charge in [-0.05, 0) is 20.8 Å². The smallest absolute Gasteiger partial charge is 0.422 e. The van der Waals surface area contributed by atoms with Crippen LogP contribution in [0, 0.1) is 0 Å². The minimum absolute atomic E-state index is 0.375. The fourth-order valence-electron chi connectivity index (χ4n) is 1.64. The lowest BCUT2D eigenvalue weighted by molar-refractivity contribution is 0.0496. The quantitative estimate of drug-likeness (QED) is 0.844. The second-order valence-corrected chi connectivity index (χ2v) is 5.98. The van der Waals surface area contributed by atoms with Gasteiger partial charge in [0.05, 0.1) is 13.7 Å². The topological polar surface area (TPSA) is 76.9 Å². The Bertz CT molecular complexity index is 599. The van der Waals surface area contributed by atoms with Crippen LogP contribution < -0.4 is 15.6 Å². The van der Waals surface area contributed by atoms with E-state index in [9.17, 15) is 4.79 Å². The molecule has 1 amide bonds. The van der Waals surface area contributed by atoms with Crippen molar-refractivity contribution < 1.29 is 14.3 Å². The molecule has 0 aliphatic rings. The average Bonchev–Trinajstić information content (AvgIpc) is 2.88. The monoisotopic (exact) mass is 298 g/mol. The summed E-state index contributed by atoms with van der Waals surface area (Å²) in [6.07, 6.45) is 1.38. The first-order valence-electron chi connectivity index (χ1n) is 6.11. The molecule has 110 valence electrons. The molecule has 0 saturated carbocycles. The Hall–Kier alpha value is -1.80. The van der Waals surface area contributed by atoms with Gasteiger partial charge < -0.3 is 9.47 Å². The zero-order chi connectivity index (χ0) is 14.8. The molecule has 2 N–H and O–H groups in total. The molecule has 0 aromatic carbocycles. The lowest BCUT2D eigenvalue weighted by Gasteiger charge is -2.19. The summed E-state index contributed by atoms with van der Waals surface area (Å²) in [4.78, 5) is 16.7. The van der Waals surface area contributed by atoms with Crippen molar-refractivity contribution >= 4 is 22.4 Å². The van der Waals surface area contributed by atoms with Crippen molar-refractivity contribution in [3.05, 3.63) is 17.3 Å². The van der Waals surface area contributed by atoms with Gasteiger partial charge in [-0.25, -0.2) is 10.2 Å². The highest BCUT2D eigenvalue weighted by molar-refractivity contribution is 7.15. The standard InChI is InChI=1S/C12H18N4O3S/c1-12(2,3)19-11(17)15-13-7-8-9(18-4)14-10-16(8)5-6-20-10/h5-6,13H,7H2,1-4H3,(H,15,17). The zero-order valence-corrected chi connectivity index (χ0v) is 12.7. The van der Waals surface area contributed by atoms with Crippen LogP contribution in [0.3, 0.4) is 0 Å². The molecule has 0 spiro atoms. The summed E-state index contributed by atoms with van der Waals surface area (Å²) in [6, 6.07) is 0. The van der Waals surface area contributed by atoms with Gasteiger partial charge in [0.25, 0.3) is 0 Å². The van der Waals surface area contributed by atoms with E-state index in [1.54, 1.807) is 7.11 Å². The number of aromatic nitrogens is 2. The number of amides is 1. The van der Waals surface area contributed by atoms with Crippen LogP contribution in [-0.4, -0.2) is 28.2 Å². The summed E-state index contributed by atoms with van der Waals surface area (Å²) in [5, 5.41) is 1.94. The fourth-order valence-corrected chi connectivity index (χ4v) is 2.37. The summed E-state index contributed by atoms with van der Waals surface area (Å²) < 4.78 is 12.2. The van der Waals surface area contributed by atoms with E-state index in [2.05, 4.69) is 15.8 Å². The van der Waals surface area contributed by atoms with Crippen molar-refractivity contribution in [2.24, 2.45) is 0 Å². The Morgan fingerprint density at radius 3 is 2.90 bits per heavy atom. The first-order chi connectivity index (χ1) is 9.40. The van der Waals surface area contributed by atoms with Crippen LogP contribution in [-0.2, 0) is 11.3 Å². The number of hydrazine groups is 1. The van der Waals surface area contributed by atoms with Gasteiger partial charge in [-0.1, -0.05) is 0 Å². The molecule has 2 heterocycles. The predicted octanol–water partition coefficient (Wildman–Crippen LogP) is 1.93. The van der Waals surface area contributed by atoms with Crippen molar-refractivity contribution in [2.75, 3.05) is 7.11 Å². The van der Waals surface area contributed by atoms with E-state index in [-0.39, 0.29) is 0 Å². The molecule has 0 saturated heterocycles. The lowest BCUT2D eigenvalue weighted by Crippen LogP contribution is -2.40. The Kier molecular flexibility index (Phi) is 4.15. The van der Waals surface area contributed by atoms with Gasteiger partial charge in [-0.3, -0.25) is 9.83 Å². The summed E-state index contributed by atoms with van der Waals surface area (Å²) >= 11 is 1.52. The molecule has 8 heteroatoms. The number of thiazole rings is 1. The van der Waals surface area contributed by atoms with Crippen molar-refractivity contribution in [1.29, 1.82) is 0 Å². The van der Waals surface area contributed by atoms with Crippen molar-refractivity contribution in [1.82, 2.24) is 20.2 Å². The van der Waals surface area contributed by atoms with E-state index in [1.165, 1.54) is 11.3 Å². The first kappa shape index (κ1) is 14.6. The molecule has 0 fully saturated rings. The Balaban J connectivity index is 1.95. The summed E-state index contributed by atoms with van der Waals surface area (Å²) in [5.74, 6) is 0.537. The third-order valence-electron chi connectivity index (χ3n) is 2.36. The molecule has 2 aromatic heterocycles. The number of carbonyl (C=O) groups excluding carboxylic acids is 1. The van der Waals surface area contributed by atoms with Gasteiger partial charge in [0, 0.05) is 11.6 Å². The minimum Gasteiger partial charge on any atom is -0.480 e. The number of fused-ring (bicyclic) bond motifs is 1. The summed E-state index contributed by atoms with van der Waals surface area (Å²) in [7, 11) is 1.57. The SMILES string of the molecule is COc1nc2sccn2c1CNNC(=O)OC(C)(C)C. The molecule has 0 aliphatic carbocycles. The Labute approximate surface area is 120 Å². The van der Waals surface area contributed by atoms with Gasteiger partial charge in [0.1, 0.15) is 11.3 Å². The second-order valence-electron chi connectivity index (χ2n) is 5.10.